The van der Waals surface area contributed by atoms with Crippen LogP contribution in [0.5, 0.6) is 11.5 Å². The highest BCUT2D eigenvalue weighted by molar-refractivity contribution is 5.96. The van der Waals surface area contributed by atoms with Crippen LogP contribution in [-0.2, 0) is 9.53 Å². The van der Waals surface area contributed by atoms with E-state index in [0.717, 1.165) is 11.1 Å². The molecule has 0 spiro atoms. The van der Waals surface area contributed by atoms with Crippen LogP contribution < -0.4 is 14.8 Å². The molecule has 136 valence electrons. The van der Waals surface area contributed by atoms with E-state index in [1.165, 1.54) is 18.2 Å². The number of hydrogen-bond acceptors (Lipinski definition) is 5. The van der Waals surface area contributed by atoms with Crippen LogP contribution >= 0.6 is 0 Å². The van der Waals surface area contributed by atoms with Crippen LogP contribution in [0.25, 0.3) is 0 Å². The predicted octanol–water partition coefficient (Wildman–Crippen LogP) is 3.42. The Labute approximate surface area is 147 Å². The lowest BCUT2D eigenvalue weighted by atomic mass is 10.1. The molecule has 1 aliphatic heterocycles. The molecule has 1 amide bonds. The number of anilines is 1. The van der Waals surface area contributed by atoms with Crippen LogP contribution in [0, 0.1) is 13.8 Å². The average molecular weight is 363 g/mol. The fraction of sp³-hybridized carbons (Fsp3) is 0.222. The highest BCUT2D eigenvalue weighted by Gasteiger charge is 2.43. The van der Waals surface area contributed by atoms with Crippen molar-refractivity contribution in [2.75, 3.05) is 11.9 Å². The molecule has 1 N–H and O–H groups in total. The zero-order valence-electron chi connectivity index (χ0n) is 14.0. The Morgan fingerprint density at radius 2 is 1.81 bits per heavy atom. The second-order valence-corrected chi connectivity index (χ2v) is 5.77. The Bertz CT molecular complexity index is 882. The van der Waals surface area contributed by atoms with Gasteiger partial charge in [0.05, 0.1) is 5.56 Å². The number of esters is 1. The van der Waals surface area contributed by atoms with Crippen molar-refractivity contribution in [1.29, 1.82) is 0 Å². The van der Waals surface area contributed by atoms with Gasteiger partial charge in [0.25, 0.3) is 5.91 Å². The predicted molar refractivity (Wildman–Crippen MR) is 87.5 cm³/mol. The van der Waals surface area contributed by atoms with E-state index in [2.05, 4.69) is 14.8 Å². The van der Waals surface area contributed by atoms with E-state index in [1.54, 1.807) is 19.1 Å². The minimum absolute atomic E-state index is 0.130. The SMILES string of the molecule is Cc1ccc(C(=O)OCC(=O)Nc2ccc3c(c2)OC(F)(F)O3)c(C)c1. The van der Waals surface area contributed by atoms with Gasteiger partial charge in [-0.2, -0.15) is 0 Å². The number of alkyl halides is 2. The quantitative estimate of drug-likeness (QED) is 0.843. The summed E-state index contributed by atoms with van der Waals surface area (Å²) in [4.78, 5) is 23.9. The fourth-order valence-electron chi connectivity index (χ4n) is 2.48. The van der Waals surface area contributed by atoms with Gasteiger partial charge in [-0.15, -0.1) is 8.78 Å². The van der Waals surface area contributed by atoms with Crippen molar-refractivity contribution in [1.82, 2.24) is 0 Å². The number of aryl methyl sites for hydroxylation is 2. The number of carbonyl (C=O) groups excluding carboxylic acids is 2. The molecule has 8 heteroatoms. The first kappa shape index (κ1) is 17.7. The second-order valence-electron chi connectivity index (χ2n) is 5.77. The van der Waals surface area contributed by atoms with Crippen molar-refractivity contribution in [3.8, 4) is 11.5 Å². The van der Waals surface area contributed by atoms with E-state index in [-0.39, 0.29) is 17.2 Å². The normalized spacial score (nSPS) is 14.0. The maximum absolute atomic E-state index is 13.0. The van der Waals surface area contributed by atoms with E-state index >= 15 is 0 Å². The van der Waals surface area contributed by atoms with E-state index in [4.69, 9.17) is 4.74 Å². The number of ether oxygens (including phenoxy) is 3. The number of halogens is 2. The summed E-state index contributed by atoms with van der Waals surface area (Å²) in [6.07, 6.45) is -3.73. The highest BCUT2D eigenvalue weighted by atomic mass is 19.3. The molecular formula is C18H15F2NO5. The van der Waals surface area contributed by atoms with Gasteiger partial charge in [0.15, 0.2) is 18.1 Å². The molecule has 0 aromatic heterocycles. The van der Waals surface area contributed by atoms with Gasteiger partial charge in [-0.05, 0) is 37.6 Å². The molecule has 2 aromatic rings. The van der Waals surface area contributed by atoms with Crippen molar-refractivity contribution in [2.24, 2.45) is 0 Å². The van der Waals surface area contributed by atoms with Gasteiger partial charge in [0, 0.05) is 11.8 Å². The standard InChI is InChI=1S/C18H15F2NO5/c1-10-3-5-13(11(2)7-10)17(23)24-9-16(22)21-12-4-6-14-15(8-12)26-18(19,20)25-14/h3-8H,9H2,1-2H3,(H,21,22). The zero-order valence-corrected chi connectivity index (χ0v) is 14.0. The molecule has 0 atom stereocenters. The Morgan fingerprint density at radius 3 is 2.54 bits per heavy atom. The molecule has 3 rings (SSSR count). The van der Waals surface area contributed by atoms with Crippen LogP contribution in [-0.4, -0.2) is 24.8 Å². The average Bonchev–Trinajstić information content (AvgIpc) is 2.85. The van der Waals surface area contributed by atoms with Crippen molar-refractivity contribution < 1.29 is 32.6 Å². The van der Waals surface area contributed by atoms with Gasteiger partial charge in [-0.1, -0.05) is 17.7 Å². The lowest BCUT2D eigenvalue weighted by molar-refractivity contribution is -0.286. The van der Waals surface area contributed by atoms with Crippen LogP contribution in [0.15, 0.2) is 36.4 Å². The minimum atomic E-state index is -3.73. The number of fused-ring (bicyclic) bond motifs is 1. The van der Waals surface area contributed by atoms with Gasteiger partial charge < -0.3 is 19.5 Å². The van der Waals surface area contributed by atoms with Crippen LogP contribution in [0.2, 0.25) is 0 Å². The molecule has 0 unspecified atom stereocenters. The summed E-state index contributed by atoms with van der Waals surface area (Å²) in [5.41, 5.74) is 2.32. The van der Waals surface area contributed by atoms with Crippen LogP contribution in [0.1, 0.15) is 21.5 Å². The first-order valence-corrected chi connectivity index (χ1v) is 7.68. The van der Waals surface area contributed by atoms with Gasteiger partial charge in [-0.3, -0.25) is 4.79 Å². The van der Waals surface area contributed by atoms with E-state index in [9.17, 15) is 18.4 Å². The van der Waals surface area contributed by atoms with Gasteiger partial charge >= 0.3 is 12.3 Å². The molecule has 1 heterocycles. The minimum Gasteiger partial charge on any atom is -0.452 e. The molecular weight excluding hydrogens is 348 g/mol. The molecule has 26 heavy (non-hydrogen) atoms. The monoisotopic (exact) mass is 363 g/mol. The summed E-state index contributed by atoms with van der Waals surface area (Å²) in [6.45, 7) is 3.15. The van der Waals surface area contributed by atoms with Gasteiger partial charge in [-0.25, -0.2) is 4.79 Å². The largest absolute Gasteiger partial charge is 0.586 e. The summed E-state index contributed by atoms with van der Waals surface area (Å²) >= 11 is 0. The number of amides is 1. The van der Waals surface area contributed by atoms with Crippen molar-refractivity contribution in [2.45, 2.75) is 20.1 Å². The Morgan fingerprint density at radius 1 is 1.08 bits per heavy atom. The number of benzene rings is 2. The summed E-state index contributed by atoms with van der Waals surface area (Å²) < 4.78 is 39.5. The summed E-state index contributed by atoms with van der Waals surface area (Å²) in [5, 5.41) is 2.43. The third-order valence-corrected chi connectivity index (χ3v) is 3.62. The van der Waals surface area contributed by atoms with Crippen molar-refractivity contribution >= 4 is 17.6 Å². The molecule has 0 aliphatic carbocycles. The maximum Gasteiger partial charge on any atom is 0.586 e. The number of nitrogens with one attached hydrogen (secondary N) is 1. The molecule has 0 saturated heterocycles. The Hall–Kier alpha value is -3.16. The second kappa shape index (κ2) is 6.62. The summed E-state index contributed by atoms with van der Waals surface area (Å²) in [6, 6.07) is 9.04. The van der Waals surface area contributed by atoms with Crippen LogP contribution in [0.4, 0.5) is 14.5 Å². The Balaban J connectivity index is 1.57. The lowest BCUT2D eigenvalue weighted by Crippen LogP contribution is -2.25. The molecule has 0 radical (unpaired) electrons. The fourth-order valence-corrected chi connectivity index (χ4v) is 2.48. The number of carbonyl (C=O) groups is 2. The maximum atomic E-state index is 13.0. The smallest absolute Gasteiger partial charge is 0.452 e. The van der Waals surface area contributed by atoms with Gasteiger partial charge in [0.2, 0.25) is 0 Å². The summed E-state index contributed by atoms with van der Waals surface area (Å²) in [7, 11) is 0. The van der Waals surface area contributed by atoms with Crippen molar-refractivity contribution in [3.05, 3.63) is 53.1 Å². The lowest BCUT2D eigenvalue weighted by Gasteiger charge is -2.09. The van der Waals surface area contributed by atoms with E-state index in [1.807, 2.05) is 13.0 Å². The first-order chi connectivity index (χ1) is 12.2. The molecule has 0 saturated carbocycles. The molecule has 2 aromatic carbocycles. The topological polar surface area (TPSA) is 73.9 Å². The third kappa shape index (κ3) is 3.90. The molecule has 0 fully saturated rings. The van der Waals surface area contributed by atoms with Crippen LogP contribution in [0.3, 0.4) is 0 Å². The van der Waals surface area contributed by atoms with Gasteiger partial charge in [0.1, 0.15) is 0 Å². The third-order valence-electron chi connectivity index (χ3n) is 3.62. The first-order valence-electron chi connectivity index (χ1n) is 7.68. The zero-order chi connectivity index (χ0) is 18.9. The molecule has 0 bridgehead atoms. The van der Waals surface area contributed by atoms with E-state index in [0.29, 0.717) is 5.56 Å². The molecule has 6 nitrogen and oxygen atoms in total. The number of rotatable bonds is 4. The van der Waals surface area contributed by atoms with E-state index < -0.39 is 24.8 Å². The summed E-state index contributed by atoms with van der Waals surface area (Å²) in [5.74, 6) is -1.56. The molecule has 1 aliphatic rings. The van der Waals surface area contributed by atoms with Crippen molar-refractivity contribution in [3.63, 3.8) is 0 Å². The number of hydrogen-bond donors (Lipinski definition) is 1. The highest BCUT2D eigenvalue weighted by Crippen LogP contribution is 2.42. The Kier molecular flexibility index (Phi) is 4.50.